The van der Waals surface area contributed by atoms with E-state index in [9.17, 15) is 0 Å². The molecule has 0 aromatic heterocycles. The fraction of sp³-hybridized carbons (Fsp3) is 0.222. The molecule has 0 heterocycles. The van der Waals surface area contributed by atoms with Gasteiger partial charge >= 0.3 is 99.2 Å². The van der Waals surface area contributed by atoms with E-state index in [0.717, 1.165) is 0 Å². The van der Waals surface area contributed by atoms with Gasteiger partial charge in [0, 0.05) is 0 Å². The molecule has 7 aromatic rings. The summed E-state index contributed by atoms with van der Waals surface area (Å²) in [6.07, 6.45) is 0. The van der Waals surface area contributed by atoms with Crippen molar-refractivity contribution in [2.45, 2.75) is 66.2 Å². The monoisotopic (exact) mass is 676 g/mol. The Morgan fingerprint density at radius 2 is 1.04 bits per heavy atom. The second kappa shape index (κ2) is 14.0. The van der Waals surface area contributed by atoms with Crippen LogP contribution >= 0.6 is 0 Å². The molecule has 7 aromatic carbocycles. The molecule has 0 atom stereocenters. The average molecular weight is 678 g/mol. The molecule has 0 fully saturated rings. The van der Waals surface area contributed by atoms with Crippen molar-refractivity contribution in [2.75, 3.05) is 0 Å². The Labute approximate surface area is 291 Å². The zero-order chi connectivity index (χ0) is 33.1. The first-order chi connectivity index (χ1) is 21.8. The minimum absolute atomic E-state index is 0.203. The summed E-state index contributed by atoms with van der Waals surface area (Å²) in [6, 6.07) is 48.2. The van der Waals surface area contributed by atoms with Crippen molar-refractivity contribution in [3.8, 4) is 0 Å². The Morgan fingerprint density at radius 1 is 0.565 bits per heavy atom. The predicted molar refractivity (Wildman–Crippen MR) is 200 cm³/mol. The van der Waals surface area contributed by atoms with Crippen molar-refractivity contribution >= 4 is 35.5 Å². The molecular weight excluding hydrogens is 632 g/mol. The van der Waals surface area contributed by atoms with Crippen molar-refractivity contribution in [3.05, 3.63) is 167 Å². The third-order valence-electron chi connectivity index (χ3n) is 8.66. The summed E-state index contributed by atoms with van der Waals surface area (Å²) in [5, 5.41) is 8.22. The molecule has 1 heteroatoms. The predicted octanol–water partition coefficient (Wildman–Crippen LogP) is 12.3. The van der Waals surface area contributed by atoms with E-state index in [4.69, 9.17) is 0 Å². The SMILES string of the molecule is CC(C)(C)c1ccc2c(c1)[cH-]c1cc(C(C)(C)C)ccc12.Cc1cc(C)c2[cH-]ccc2c1.[Zr+2]=[C](c1ccccc1)c1ccccc1. The van der Waals surface area contributed by atoms with Crippen LogP contribution < -0.4 is 0 Å². The summed E-state index contributed by atoms with van der Waals surface area (Å²) >= 11 is 1.46. The number of benzene rings is 5. The van der Waals surface area contributed by atoms with E-state index in [1.807, 2.05) is 0 Å². The van der Waals surface area contributed by atoms with Gasteiger partial charge in [-0.15, -0.1) is 68.2 Å². The van der Waals surface area contributed by atoms with Crippen molar-refractivity contribution in [2.24, 2.45) is 0 Å². The average Bonchev–Trinajstić information content (AvgIpc) is 3.65. The summed E-state index contributed by atoms with van der Waals surface area (Å²) in [6.45, 7) is 17.9. The minimum atomic E-state index is 0.203. The van der Waals surface area contributed by atoms with Crippen molar-refractivity contribution in [3.63, 3.8) is 0 Å². The molecule has 0 N–H and O–H groups in total. The first-order valence-electron chi connectivity index (χ1n) is 16.3. The van der Waals surface area contributed by atoms with Crippen LogP contribution in [0.25, 0.3) is 32.3 Å². The van der Waals surface area contributed by atoms with Crippen LogP contribution in [0, 0.1) is 13.8 Å². The third-order valence-corrected chi connectivity index (χ3v) is 10.1. The number of aryl methyl sites for hydroxylation is 2. The van der Waals surface area contributed by atoms with Crippen LogP contribution in [0.4, 0.5) is 0 Å². The van der Waals surface area contributed by atoms with E-state index < -0.39 is 0 Å². The van der Waals surface area contributed by atoms with Crippen LogP contribution in [0.2, 0.25) is 0 Å². The van der Waals surface area contributed by atoms with E-state index in [1.165, 1.54) is 93.1 Å². The van der Waals surface area contributed by atoms with Crippen LogP contribution in [0.1, 0.15) is 74.9 Å². The number of fused-ring (bicyclic) bond motifs is 4. The first kappa shape index (κ1) is 33.7. The standard InChI is InChI=1S/C21H25.C13H10.C11H11.Zr/c1-20(2,3)16-7-9-18-14(12-16)11-15-13-17(21(4,5)6)8-10-19(15)18;1-3-7-12(8-4-1)11-13-9-5-2-6-10-13;1-8-6-9(2)11-5-3-4-10(11)7-8;/h7-13H,1-6H3;1-10H;3-7H,1-2H3;/q-1;;-1;+2. The summed E-state index contributed by atoms with van der Waals surface area (Å²) in [5.74, 6) is 0. The van der Waals surface area contributed by atoms with E-state index in [2.05, 4.69) is 189 Å². The van der Waals surface area contributed by atoms with Crippen LogP contribution in [-0.2, 0) is 35.1 Å². The second-order valence-corrected chi connectivity index (χ2v) is 15.7. The summed E-state index contributed by atoms with van der Waals surface area (Å²) < 4.78 is 1.42. The topological polar surface area (TPSA) is 0 Å². The zero-order valence-corrected chi connectivity index (χ0v) is 31.2. The van der Waals surface area contributed by atoms with E-state index in [-0.39, 0.29) is 10.8 Å². The molecule has 0 aliphatic heterocycles. The maximum absolute atomic E-state index is 2.35. The normalized spacial score (nSPS) is 11.6. The zero-order valence-electron chi connectivity index (χ0n) is 28.7. The first-order valence-corrected chi connectivity index (χ1v) is 17.5. The van der Waals surface area contributed by atoms with Crippen LogP contribution in [0.3, 0.4) is 0 Å². The van der Waals surface area contributed by atoms with Crippen molar-refractivity contribution in [1.29, 1.82) is 0 Å². The Balaban J connectivity index is 0.000000144. The Kier molecular flexibility index (Phi) is 10.2. The van der Waals surface area contributed by atoms with Gasteiger partial charge in [-0.1, -0.05) is 95.5 Å². The van der Waals surface area contributed by atoms with Gasteiger partial charge in [0.1, 0.15) is 0 Å². The van der Waals surface area contributed by atoms with E-state index in [1.54, 1.807) is 0 Å². The number of rotatable bonds is 2. The van der Waals surface area contributed by atoms with Gasteiger partial charge in [0.25, 0.3) is 0 Å². The third kappa shape index (κ3) is 8.00. The molecule has 0 saturated carbocycles. The van der Waals surface area contributed by atoms with Gasteiger partial charge in [0.15, 0.2) is 0 Å². The van der Waals surface area contributed by atoms with E-state index >= 15 is 0 Å². The molecule has 0 amide bonds. The number of hydrogen-bond acceptors (Lipinski definition) is 0. The molecule has 46 heavy (non-hydrogen) atoms. The van der Waals surface area contributed by atoms with Gasteiger partial charge < -0.3 is 0 Å². The van der Waals surface area contributed by atoms with Crippen LogP contribution in [-0.4, -0.2) is 3.21 Å². The van der Waals surface area contributed by atoms with Crippen molar-refractivity contribution in [1.82, 2.24) is 0 Å². The summed E-state index contributed by atoms with van der Waals surface area (Å²) in [7, 11) is 0. The van der Waals surface area contributed by atoms with Crippen LogP contribution in [0.15, 0.2) is 133 Å². The molecule has 0 radical (unpaired) electrons. The summed E-state index contributed by atoms with van der Waals surface area (Å²) in [4.78, 5) is 0. The molecule has 0 spiro atoms. The van der Waals surface area contributed by atoms with Gasteiger partial charge in [0.2, 0.25) is 0 Å². The van der Waals surface area contributed by atoms with Gasteiger partial charge in [-0.05, 0) is 17.8 Å². The molecule has 0 nitrogen and oxygen atoms in total. The molecule has 230 valence electrons. The second-order valence-electron chi connectivity index (χ2n) is 14.5. The van der Waals surface area contributed by atoms with Gasteiger partial charge in [-0.3, -0.25) is 0 Å². The quantitative estimate of drug-likeness (QED) is 0.160. The number of hydrogen-bond donors (Lipinski definition) is 0. The molecule has 0 saturated heterocycles. The Hall–Kier alpha value is -3.67. The molecule has 0 aliphatic carbocycles. The Morgan fingerprint density at radius 3 is 1.50 bits per heavy atom. The fourth-order valence-corrected chi connectivity index (χ4v) is 6.78. The molecule has 7 rings (SSSR count). The van der Waals surface area contributed by atoms with Gasteiger partial charge in [-0.2, -0.15) is 12.1 Å². The fourth-order valence-electron chi connectivity index (χ4n) is 5.96. The molecule has 0 bridgehead atoms. The van der Waals surface area contributed by atoms with Crippen LogP contribution in [0.5, 0.6) is 0 Å². The summed E-state index contributed by atoms with van der Waals surface area (Å²) in [5.41, 5.74) is 8.60. The molecule has 0 aliphatic rings. The van der Waals surface area contributed by atoms with Crippen molar-refractivity contribution < 1.29 is 24.2 Å². The molecular formula is C45H46Zr. The van der Waals surface area contributed by atoms with E-state index in [0.29, 0.717) is 0 Å². The maximum atomic E-state index is 2.35. The van der Waals surface area contributed by atoms with Gasteiger partial charge in [0.05, 0.1) is 0 Å². The Bertz CT molecular complexity index is 1960. The molecule has 0 unspecified atom stereocenters. The van der Waals surface area contributed by atoms with Gasteiger partial charge in [-0.25, -0.2) is 0 Å².